The smallest absolute Gasteiger partial charge is 0.222 e. The molecule has 0 unspecified atom stereocenters. The molecule has 4 nitrogen and oxygen atoms in total. The summed E-state index contributed by atoms with van der Waals surface area (Å²) in [5.41, 5.74) is 0. The molecule has 0 aromatic carbocycles. The molecule has 1 saturated heterocycles. The fourth-order valence-electron chi connectivity index (χ4n) is 1.94. The Bertz CT molecular complexity index is 223. The van der Waals surface area contributed by atoms with Crippen molar-refractivity contribution in [2.24, 2.45) is 5.92 Å². The number of hydrogen-bond acceptors (Lipinski definition) is 3. The van der Waals surface area contributed by atoms with Gasteiger partial charge in [-0.3, -0.25) is 4.79 Å². The quantitative estimate of drug-likeness (QED) is 0.713. The number of nitrogens with zero attached hydrogens (tertiary/aromatic N) is 1. The van der Waals surface area contributed by atoms with E-state index < -0.39 is 0 Å². The topological polar surface area (TPSA) is 41.6 Å². The Labute approximate surface area is 105 Å². The Morgan fingerprint density at radius 2 is 2.06 bits per heavy atom. The van der Waals surface area contributed by atoms with E-state index in [9.17, 15) is 4.79 Å². The molecular weight excluding hydrogens is 216 g/mol. The summed E-state index contributed by atoms with van der Waals surface area (Å²) in [5.74, 6) is 0.662. The molecule has 17 heavy (non-hydrogen) atoms. The van der Waals surface area contributed by atoms with E-state index in [1.807, 2.05) is 0 Å². The second-order valence-corrected chi connectivity index (χ2v) is 5.36. The monoisotopic (exact) mass is 242 g/mol. The van der Waals surface area contributed by atoms with Crippen molar-refractivity contribution in [3.8, 4) is 0 Å². The summed E-state index contributed by atoms with van der Waals surface area (Å²) in [6.07, 6.45) is 2.61. The summed E-state index contributed by atoms with van der Waals surface area (Å²) >= 11 is 0. The SMILES string of the molecule is CC(C)COCCC(=O)NC1CCN(C)CC1. The number of ether oxygens (including phenoxy) is 1. The number of amides is 1. The lowest BCUT2D eigenvalue weighted by atomic mass is 10.1. The Hall–Kier alpha value is -0.610. The average Bonchev–Trinajstić information content (AvgIpc) is 2.27. The van der Waals surface area contributed by atoms with E-state index in [1.165, 1.54) is 0 Å². The number of likely N-dealkylation sites (tertiary alicyclic amines) is 1. The fraction of sp³-hybridized carbons (Fsp3) is 0.923. The van der Waals surface area contributed by atoms with Crippen LogP contribution in [0.15, 0.2) is 0 Å². The van der Waals surface area contributed by atoms with Crippen LogP contribution in [0.4, 0.5) is 0 Å². The van der Waals surface area contributed by atoms with Gasteiger partial charge >= 0.3 is 0 Å². The molecular formula is C13H26N2O2. The van der Waals surface area contributed by atoms with Crippen molar-refractivity contribution in [2.45, 2.75) is 39.2 Å². The van der Waals surface area contributed by atoms with Crippen molar-refractivity contribution in [1.29, 1.82) is 0 Å². The molecule has 4 heteroatoms. The summed E-state index contributed by atoms with van der Waals surface area (Å²) < 4.78 is 5.40. The predicted molar refractivity (Wildman–Crippen MR) is 68.9 cm³/mol. The summed E-state index contributed by atoms with van der Waals surface area (Å²) in [7, 11) is 2.12. The maximum absolute atomic E-state index is 11.6. The summed E-state index contributed by atoms with van der Waals surface area (Å²) in [4.78, 5) is 13.9. The van der Waals surface area contributed by atoms with E-state index in [4.69, 9.17) is 4.74 Å². The lowest BCUT2D eigenvalue weighted by Crippen LogP contribution is -2.43. The van der Waals surface area contributed by atoms with Gasteiger partial charge in [0, 0.05) is 19.1 Å². The molecule has 1 heterocycles. The zero-order chi connectivity index (χ0) is 12.7. The molecule has 1 amide bonds. The Morgan fingerprint density at radius 1 is 1.41 bits per heavy atom. The number of carbonyl (C=O) groups excluding carboxylic acids is 1. The number of piperidine rings is 1. The molecule has 0 aliphatic carbocycles. The molecule has 0 atom stereocenters. The van der Waals surface area contributed by atoms with Gasteiger partial charge in [0.2, 0.25) is 5.91 Å². The number of nitrogens with one attached hydrogen (secondary N) is 1. The van der Waals surface area contributed by atoms with Crippen LogP contribution in [0.1, 0.15) is 33.1 Å². The van der Waals surface area contributed by atoms with E-state index in [1.54, 1.807) is 0 Å². The largest absolute Gasteiger partial charge is 0.381 e. The van der Waals surface area contributed by atoms with Gasteiger partial charge in [-0.1, -0.05) is 13.8 Å². The molecule has 1 rings (SSSR count). The minimum atomic E-state index is 0.128. The van der Waals surface area contributed by atoms with Gasteiger partial charge in [0.1, 0.15) is 0 Å². The highest BCUT2D eigenvalue weighted by Gasteiger charge is 2.17. The minimum Gasteiger partial charge on any atom is -0.381 e. The van der Waals surface area contributed by atoms with Gasteiger partial charge in [-0.25, -0.2) is 0 Å². The van der Waals surface area contributed by atoms with Gasteiger partial charge in [-0.2, -0.15) is 0 Å². The van der Waals surface area contributed by atoms with E-state index in [0.717, 1.165) is 32.5 Å². The fourth-order valence-corrected chi connectivity index (χ4v) is 1.94. The highest BCUT2D eigenvalue weighted by atomic mass is 16.5. The highest BCUT2D eigenvalue weighted by Crippen LogP contribution is 2.08. The van der Waals surface area contributed by atoms with Crippen LogP contribution in [-0.2, 0) is 9.53 Å². The van der Waals surface area contributed by atoms with E-state index in [0.29, 0.717) is 25.0 Å². The van der Waals surface area contributed by atoms with Crippen LogP contribution in [0, 0.1) is 5.92 Å². The van der Waals surface area contributed by atoms with Gasteiger partial charge in [0.25, 0.3) is 0 Å². The van der Waals surface area contributed by atoms with E-state index >= 15 is 0 Å². The van der Waals surface area contributed by atoms with Crippen LogP contribution in [0.2, 0.25) is 0 Å². The molecule has 1 fully saturated rings. The molecule has 1 aliphatic rings. The van der Waals surface area contributed by atoms with Crippen LogP contribution < -0.4 is 5.32 Å². The summed E-state index contributed by atoms with van der Waals surface area (Å²) in [6.45, 7) is 7.65. The number of rotatable bonds is 6. The van der Waals surface area contributed by atoms with Crippen LogP contribution in [-0.4, -0.2) is 50.2 Å². The maximum atomic E-state index is 11.6. The first-order valence-electron chi connectivity index (χ1n) is 6.63. The molecule has 100 valence electrons. The lowest BCUT2D eigenvalue weighted by molar-refractivity contribution is -0.123. The normalized spacial score (nSPS) is 18.6. The van der Waals surface area contributed by atoms with E-state index in [-0.39, 0.29) is 5.91 Å². The standard InChI is InChI=1S/C13H26N2O2/c1-11(2)10-17-9-6-13(16)14-12-4-7-15(3)8-5-12/h11-12H,4-10H2,1-3H3,(H,14,16). The number of carbonyl (C=O) groups is 1. The van der Waals surface area contributed by atoms with Crippen molar-refractivity contribution >= 4 is 5.91 Å². The molecule has 0 saturated carbocycles. The third-order valence-electron chi connectivity index (χ3n) is 3.01. The first kappa shape index (κ1) is 14.5. The second kappa shape index (κ2) is 7.67. The predicted octanol–water partition coefficient (Wildman–Crippen LogP) is 1.26. The van der Waals surface area contributed by atoms with Crippen molar-refractivity contribution in [3.05, 3.63) is 0 Å². The molecule has 0 bridgehead atoms. The Balaban J connectivity index is 2.04. The Kier molecular flexibility index (Phi) is 6.52. The molecule has 1 aliphatic heterocycles. The minimum absolute atomic E-state index is 0.128. The van der Waals surface area contributed by atoms with Gasteiger partial charge < -0.3 is 15.0 Å². The third kappa shape index (κ3) is 6.64. The van der Waals surface area contributed by atoms with Crippen molar-refractivity contribution in [3.63, 3.8) is 0 Å². The first-order chi connectivity index (χ1) is 8.08. The van der Waals surface area contributed by atoms with Crippen molar-refractivity contribution < 1.29 is 9.53 Å². The zero-order valence-electron chi connectivity index (χ0n) is 11.4. The summed E-state index contributed by atoms with van der Waals surface area (Å²) in [6, 6.07) is 0.365. The van der Waals surface area contributed by atoms with Crippen molar-refractivity contribution in [2.75, 3.05) is 33.4 Å². The lowest BCUT2D eigenvalue weighted by Gasteiger charge is -2.29. The zero-order valence-corrected chi connectivity index (χ0v) is 11.4. The molecule has 0 aromatic rings. The second-order valence-electron chi connectivity index (χ2n) is 5.36. The van der Waals surface area contributed by atoms with Gasteiger partial charge in [0.15, 0.2) is 0 Å². The van der Waals surface area contributed by atoms with Gasteiger partial charge in [-0.05, 0) is 38.9 Å². The van der Waals surface area contributed by atoms with Crippen molar-refractivity contribution in [1.82, 2.24) is 10.2 Å². The van der Waals surface area contributed by atoms with Crippen LogP contribution in [0.5, 0.6) is 0 Å². The highest BCUT2D eigenvalue weighted by molar-refractivity contribution is 5.76. The van der Waals surface area contributed by atoms with Crippen LogP contribution >= 0.6 is 0 Å². The summed E-state index contributed by atoms with van der Waals surface area (Å²) in [5, 5.41) is 3.08. The Morgan fingerprint density at radius 3 is 2.65 bits per heavy atom. The van der Waals surface area contributed by atoms with Crippen LogP contribution in [0.25, 0.3) is 0 Å². The van der Waals surface area contributed by atoms with Gasteiger partial charge in [0.05, 0.1) is 6.61 Å². The van der Waals surface area contributed by atoms with Gasteiger partial charge in [-0.15, -0.1) is 0 Å². The molecule has 0 spiro atoms. The molecule has 0 radical (unpaired) electrons. The maximum Gasteiger partial charge on any atom is 0.222 e. The number of hydrogen-bond donors (Lipinski definition) is 1. The van der Waals surface area contributed by atoms with E-state index in [2.05, 4.69) is 31.1 Å². The first-order valence-corrected chi connectivity index (χ1v) is 6.63. The van der Waals surface area contributed by atoms with Crippen LogP contribution in [0.3, 0.4) is 0 Å². The third-order valence-corrected chi connectivity index (χ3v) is 3.01. The molecule has 1 N–H and O–H groups in total. The average molecular weight is 242 g/mol. The molecule has 0 aromatic heterocycles.